The molecule has 1 aliphatic carbocycles. The van der Waals surface area contributed by atoms with Crippen molar-refractivity contribution in [2.45, 2.75) is 25.7 Å². The summed E-state index contributed by atoms with van der Waals surface area (Å²) < 4.78 is 0. The zero-order valence-corrected chi connectivity index (χ0v) is 4.85. The smallest absolute Gasteiger partial charge is 0.0319 e. The van der Waals surface area contributed by atoms with Crippen molar-refractivity contribution < 1.29 is 5.11 Å². The second-order valence-electron chi connectivity index (χ2n) is 1.57. The summed E-state index contributed by atoms with van der Waals surface area (Å²) in [6.45, 7) is 0. The lowest BCUT2D eigenvalue weighted by Gasteiger charge is -1.67. The van der Waals surface area contributed by atoms with Crippen molar-refractivity contribution in [3.05, 3.63) is 6.42 Å². The predicted molar refractivity (Wildman–Crippen MR) is 30.9 cm³/mol. The minimum atomic E-state index is 1.00. The molecule has 43 valence electrons. The molecule has 1 radical (unpaired) electrons. The van der Waals surface area contributed by atoms with Gasteiger partial charge >= 0.3 is 0 Å². The summed E-state index contributed by atoms with van der Waals surface area (Å²) in [5.74, 6) is 0. The van der Waals surface area contributed by atoms with E-state index < -0.39 is 0 Å². The Kier molecular flexibility index (Phi) is 5.93. The molecule has 1 aliphatic rings. The molecule has 1 rings (SSSR count). The lowest BCUT2D eigenvalue weighted by atomic mass is 10.4. The van der Waals surface area contributed by atoms with Gasteiger partial charge in [-0.1, -0.05) is 25.7 Å². The Labute approximate surface area is 45.4 Å². The third-order valence-corrected chi connectivity index (χ3v) is 1.07. The lowest BCUT2D eigenvalue weighted by Crippen LogP contribution is -1.50. The van der Waals surface area contributed by atoms with E-state index in [0.717, 1.165) is 7.11 Å². The lowest BCUT2D eigenvalue weighted by molar-refractivity contribution is 0.399. The minimum Gasteiger partial charge on any atom is -0.400 e. The molecule has 0 aromatic rings. The van der Waals surface area contributed by atoms with Crippen molar-refractivity contribution in [2.24, 2.45) is 0 Å². The van der Waals surface area contributed by atoms with E-state index in [2.05, 4.69) is 6.42 Å². The summed E-state index contributed by atoms with van der Waals surface area (Å²) >= 11 is 0. The van der Waals surface area contributed by atoms with Crippen LogP contribution in [0.25, 0.3) is 0 Å². The highest BCUT2D eigenvalue weighted by atomic mass is 16.2. The monoisotopic (exact) mass is 101 g/mol. The molecular formula is C6H13O. The van der Waals surface area contributed by atoms with Gasteiger partial charge in [-0.05, 0) is 6.42 Å². The SMILES string of the molecule is CO.[CH]1CCCC1. The maximum Gasteiger partial charge on any atom is 0.0319 e. The first-order chi connectivity index (χ1) is 3.50. The average Bonchev–Trinajstić information content (AvgIpc) is 2.23. The predicted octanol–water partition coefficient (Wildman–Crippen LogP) is 1.37. The zero-order chi connectivity index (χ0) is 5.54. The number of aliphatic hydroxyl groups is 1. The van der Waals surface area contributed by atoms with Crippen LogP contribution in [-0.2, 0) is 0 Å². The Balaban J connectivity index is 0.000000162. The molecule has 0 saturated heterocycles. The Bertz CT molecular complexity index is 15.8. The Morgan fingerprint density at radius 2 is 1.57 bits per heavy atom. The fourth-order valence-corrected chi connectivity index (χ4v) is 0.722. The van der Waals surface area contributed by atoms with Crippen LogP contribution in [0, 0.1) is 6.42 Å². The van der Waals surface area contributed by atoms with Gasteiger partial charge in [-0.25, -0.2) is 0 Å². The highest BCUT2D eigenvalue weighted by Crippen LogP contribution is 2.13. The van der Waals surface area contributed by atoms with Crippen LogP contribution in [-0.4, -0.2) is 12.2 Å². The van der Waals surface area contributed by atoms with E-state index >= 15 is 0 Å². The molecule has 0 aromatic heterocycles. The maximum atomic E-state index is 7.00. The summed E-state index contributed by atoms with van der Waals surface area (Å²) in [5.41, 5.74) is 0. The number of hydrogen-bond acceptors (Lipinski definition) is 1. The van der Waals surface area contributed by atoms with E-state index in [-0.39, 0.29) is 0 Å². The first-order valence-electron chi connectivity index (χ1n) is 2.76. The summed E-state index contributed by atoms with van der Waals surface area (Å²) in [4.78, 5) is 0. The van der Waals surface area contributed by atoms with Gasteiger partial charge < -0.3 is 5.11 Å². The summed E-state index contributed by atoms with van der Waals surface area (Å²) in [5, 5.41) is 7.00. The van der Waals surface area contributed by atoms with Crippen molar-refractivity contribution in [1.29, 1.82) is 0 Å². The fraction of sp³-hybridized carbons (Fsp3) is 0.833. The molecule has 7 heavy (non-hydrogen) atoms. The molecule has 1 fully saturated rings. The van der Waals surface area contributed by atoms with Crippen molar-refractivity contribution in [3.8, 4) is 0 Å². The van der Waals surface area contributed by atoms with E-state index in [1.807, 2.05) is 0 Å². The van der Waals surface area contributed by atoms with Crippen LogP contribution in [0.1, 0.15) is 25.7 Å². The van der Waals surface area contributed by atoms with Crippen molar-refractivity contribution in [2.75, 3.05) is 7.11 Å². The van der Waals surface area contributed by atoms with Crippen LogP contribution in [0.3, 0.4) is 0 Å². The minimum absolute atomic E-state index is 1.00. The molecule has 0 unspecified atom stereocenters. The second-order valence-corrected chi connectivity index (χ2v) is 1.57. The van der Waals surface area contributed by atoms with Gasteiger partial charge in [0.1, 0.15) is 0 Å². The number of aliphatic hydroxyl groups excluding tert-OH is 1. The molecular weight excluding hydrogens is 88.1 g/mol. The van der Waals surface area contributed by atoms with Crippen LogP contribution >= 0.6 is 0 Å². The molecule has 0 aliphatic heterocycles. The van der Waals surface area contributed by atoms with Crippen molar-refractivity contribution >= 4 is 0 Å². The normalized spacial score (nSPS) is 18.0. The molecule has 0 spiro atoms. The first kappa shape index (κ1) is 6.96. The van der Waals surface area contributed by atoms with Crippen LogP contribution in [0.5, 0.6) is 0 Å². The number of hydrogen-bond donors (Lipinski definition) is 1. The third-order valence-electron chi connectivity index (χ3n) is 1.07. The van der Waals surface area contributed by atoms with Gasteiger partial charge in [0.05, 0.1) is 0 Å². The van der Waals surface area contributed by atoms with Gasteiger partial charge in [-0.15, -0.1) is 0 Å². The van der Waals surface area contributed by atoms with Gasteiger partial charge in [0.15, 0.2) is 0 Å². The second kappa shape index (κ2) is 5.96. The standard InChI is InChI=1S/C5H9.CH4O/c1-2-4-5-3-1;1-2/h1H,2-5H2;2H,1H3. The van der Waals surface area contributed by atoms with Gasteiger partial charge in [0, 0.05) is 7.11 Å². The topological polar surface area (TPSA) is 20.2 Å². The fourth-order valence-electron chi connectivity index (χ4n) is 0.722. The highest BCUT2D eigenvalue weighted by Gasteiger charge is 1.95. The quantitative estimate of drug-likeness (QED) is 0.488. The average molecular weight is 101 g/mol. The van der Waals surface area contributed by atoms with Gasteiger partial charge in [-0.2, -0.15) is 0 Å². The Morgan fingerprint density at radius 3 is 1.71 bits per heavy atom. The summed E-state index contributed by atoms with van der Waals surface area (Å²) in [6, 6.07) is 0. The van der Waals surface area contributed by atoms with E-state index in [4.69, 9.17) is 5.11 Å². The third kappa shape index (κ3) is 3.80. The molecule has 0 heterocycles. The van der Waals surface area contributed by atoms with Crippen LogP contribution < -0.4 is 0 Å². The Hall–Kier alpha value is -0.0400. The summed E-state index contributed by atoms with van der Waals surface area (Å²) in [6.07, 6.45) is 8.00. The van der Waals surface area contributed by atoms with E-state index in [1.165, 1.54) is 25.7 Å². The molecule has 0 atom stereocenters. The molecule has 0 amide bonds. The highest BCUT2D eigenvalue weighted by molar-refractivity contribution is 4.71. The van der Waals surface area contributed by atoms with Crippen LogP contribution in [0.15, 0.2) is 0 Å². The maximum absolute atomic E-state index is 7.00. The van der Waals surface area contributed by atoms with Crippen molar-refractivity contribution in [3.63, 3.8) is 0 Å². The van der Waals surface area contributed by atoms with E-state index in [9.17, 15) is 0 Å². The summed E-state index contributed by atoms with van der Waals surface area (Å²) in [7, 11) is 1.00. The molecule has 0 aromatic carbocycles. The molecule has 1 saturated carbocycles. The van der Waals surface area contributed by atoms with Crippen molar-refractivity contribution in [1.82, 2.24) is 0 Å². The van der Waals surface area contributed by atoms with Gasteiger partial charge in [-0.3, -0.25) is 0 Å². The molecule has 1 heteroatoms. The molecule has 1 nitrogen and oxygen atoms in total. The van der Waals surface area contributed by atoms with Crippen LogP contribution in [0.4, 0.5) is 0 Å². The molecule has 0 bridgehead atoms. The van der Waals surface area contributed by atoms with E-state index in [0.29, 0.717) is 0 Å². The Morgan fingerprint density at radius 1 is 1.14 bits per heavy atom. The largest absolute Gasteiger partial charge is 0.400 e. The van der Waals surface area contributed by atoms with Gasteiger partial charge in [0.2, 0.25) is 0 Å². The zero-order valence-electron chi connectivity index (χ0n) is 4.85. The van der Waals surface area contributed by atoms with Crippen LogP contribution in [0.2, 0.25) is 0 Å². The van der Waals surface area contributed by atoms with E-state index in [1.54, 1.807) is 0 Å². The number of rotatable bonds is 0. The molecule has 1 N–H and O–H groups in total. The van der Waals surface area contributed by atoms with Gasteiger partial charge in [0.25, 0.3) is 0 Å². The first-order valence-corrected chi connectivity index (χ1v) is 2.76.